The van der Waals surface area contributed by atoms with Gasteiger partial charge >= 0.3 is 0 Å². The molecule has 1 aromatic rings. The second-order valence-electron chi connectivity index (χ2n) is 2.98. The largest absolute Gasteiger partial charge is 0.329 e. The van der Waals surface area contributed by atoms with Crippen molar-refractivity contribution in [2.45, 2.75) is 19.5 Å². The molecule has 0 spiro atoms. The second kappa shape index (κ2) is 4.89. The lowest BCUT2D eigenvalue weighted by Gasteiger charge is -2.10. The third-order valence-corrected chi connectivity index (χ3v) is 1.85. The highest BCUT2D eigenvalue weighted by Crippen LogP contribution is 2.03. The molecule has 1 aromatic heterocycles. The molecule has 72 valence electrons. The predicted molar refractivity (Wildman–Crippen MR) is 49.6 cm³/mol. The minimum Gasteiger partial charge on any atom is -0.329 e. The van der Waals surface area contributed by atoms with E-state index in [0.29, 0.717) is 18.7 Å². The third kappa shape index (κ3) is 3.08. The molecule has 0 aliphatic heterocycles. The number of nitrogens with one attached hydrogen (secondary N) is 1. The Morgan fingerprint density at radius 1 is 1.69 bits per heavy atom. The summed E-state index contributed by atoms with van der Waals surface area (Å²) < 4.78 is 13.0. The summed E-state index contributed by atoms with van der Waals surface area (Å²) in [5, 5.41) is 3.10. The first-order chi connectivity index (χ1) is 6.24. The van der Waals surface area contributed by atoms with Gasteiger partial charge in [0.15, 0.2) is 0 Å². The standard InChI is InChI=1S/C9H14FN3/c1-7(4-11)13-5-8-2-3-12-6-9(8)10/h2-3,6-7,13H,4-5,11H2,1H3/t7-/m1/s1. The molecule has 1 rings (SSSR count). The van der Waals surface area contributed by atoms with Gasteiger partial charge in [0.05, 0.1) is 6.20 Å². The first-order valence-electron chi connectivity index (χ1n) is 4.26. The lowest BCUT2D eigenvalue weighted by atomic mass is 10.2. The first kappa shape index (κ1) is 10.1. The number of rotatable bonds is 4. The Morgan fingerprint density at radius 3 is 3.08 bits per heavy atom. The van der Waals surface area contributed by atoms with Crippen LogP contribution in [0.5, 0.6) is 0 Å². The molecule has 0 saturated carbocycles. The number of pyridine rings is 1. The SMILES string of the molecule is C[C@H](CN)NCc1ccncc1F. The van der Waals surface area contributed by atoms with Gasteiger partial charge < -0.3 is 11.1 Å². The smallest absolute Gasteiger partial charge is 0.145 e. The molecule has 4 heteroatoms. The fraction of sp³-hybridized carbons (Fsp3) is 0.444. The monoisotopic (exact) mass is 183 g/mol. The van der Waals surface area contributed by atoms with Gasteiger partial charge in [-0.25, -0.2) is 4.39 Å². The molecule has 0 aliphatic carbocycles. The number of nitrogens with zero attached hydrogens (tertiary/aromatic N) is 1. The van der Waals surface area contributed by atoms with Crippen LogP contribution in [-0.2, 0) is 6.54 Å². The van der Waals surface area contributed by atoms with Crippen LogP contribution in [-0.4, -0.2) is 17.6 Å². The Balaban J connectivity index is 2.50. The zero-order valence-corrected chi connectivity index (χ0v) is 7.63. The van der Waals surface area contributed by atoms with Crippen molar-refractivity contribution in [3.63, 3.8) is 0 Å². The van der Waals surface area contributed by atoms with Crippen LogP contribution in [0.25, 0.3) is 0 Å². The van der Waals surface area contributed by atoms with Crippen LogP contribution in [0.1, 0.15) is 12.5 Å². The van der Waals surface area contributed by atoms with E-state index < -0.39 is 0 Å². The van der Waals surface area contributed by atoms with Crippen molar-refractivity contribution in [2.75, 3.05) is 6.54 Å². The number of halogens is 1. The zero-order valence-electron chi connectivity index (χ0n) is 7.63. The first-order valence-corrected chi connectivity index (χ1v) is 4.26. The molecule has 0 amide bonds. The maximum Gasteiger partial charge on any atom is 0.145 e. The molecule has 1 heterocycles. The van der Waals surface area contributed by atoms with E-state index in [2.05, 4.69) is 10.3 Å². The summed E-state index contributed by atoms with van der Waals surface area (Å²) in [6.07, 6.45) is 2.79. The van der Waals surface area contributed by atoms with Crippen molar-refractivity contribution >= 4 is 0 Å². The minimum atomic E-state index is -0.278. The Bertz CT molecular complexity index is 265. The van der Waals surface area contributed by atoms with Gasteiger partial charge in [-0.2, -0.15) is 0 Å². The highest BCUT2D eigenvalue weighted by Gasteiger charge is 2.02. The van der Waals surface area contributed by atoms with E-state index in [9.17, 15) is 4.39 Å². The molecule has 1 atom stereocenters. The van der Waals surface area contributed by atoms with E-state index in [-0.39, 0.29) is 11.9 Å². The Labute approximate surface area is 77.2 Å². The van der Waals surface area contributed by atoms with Gasteiger partial charge in [0.2, 0.25) is 0 Å². The van der Waals surface area contributed by atoms with Crippen LogP contribution in [0.15, 0.2) is 18.5 Å². The highest BCUT2D eigenvalue weighted by molar-refractivity contribution is 5.12. The fourth-order valence-electron chi connectivity index (χ4n) is 0.915. The Kier molecular flexibility index (Phi) is 3.79. The van der Waals surface area contributed by atoms with Crippen molar-refractivity contribution in [3.05, 3.63) is 29.8 Å². The number of nitrogens with two attached hydrogens (primary N) is 1. The van der Waals surface area contributed by atoms with E-state index in [1.807, 2.05) is 6.92 Å². The number of hydrogen-bond acceptors (Lipinski definition) is 3. The van der Waals surface area contributed by atoms with Gasteiger partial charge in [0.1, 0.15) is 5.82 Å². The molecule has 0 unspecified atom stereocenters. The van der Waals surface area contributed by atoms with E-state index in [4.69, 9.17) is 5.73 Å². The summed E-state index contributed by atoms with van der Waals surface area (Å²) in [5.41, 5.74) is 6.03. The fourth-order valence-corrected chi connectivity index (χ4v) is 0.915. The molecular formula is C9H14FN3. The van der Waals surface area contributed by atoms with Gasteiger partial charge in [0.25, 0.3) is 0 Å². The van der Waals surface area contributed by atoms with Crippen LogP contribution in [0.3, 0.4) is 0 Å². The topological polar surface area (TPSA) is 50.9 Å². The second-order valence-corrected chi connectivity index (χ2v) is 2.98. The molecule has 3 N–H and O–H groups in total. The van der Waals surface area contributed by atoms with Crippen LogP contribution in [0.4, 0.5) is 4.39 Å². The number of hydrogen-bond donors (Lipinski definition) is 2. The maximum absolute atomic E-state index is 13.0. The molecule has 0 fully saturated rings. The molecule has 13 heavy (non-hydrogen) atoms. The van der Waals surface area contributed by atoms with Gasteiger partial charge in [-0.05, 0) is 13.0 Å². The molecule has 0 aromatic carbocycles. The molecule has 0 saturated heterocycles. The summed E-state index contributed by atoms with van der Waals surface area (Å²) in [6.45, 7) is 3.00. The minimum absolute atomic E-state index is 0.201. The van der Waals surface area contributed by atoms with Crippen molar-refractivity contribution in [1.82, 2.24) is 10.3 Å². The van der Waals surface area contributed by atoms with Gasteiger partial charge in [-0.1, -0.05) is 0 Å². The molecule has 0 bridgehead atoms. The molecule has 3 nitrogen and oxygen atoms in total. The summed E-state index contributed by atoms with van der Waals surface area (Å²) in [6, 6.07) is 1.86. The summed E-state index contributed by atoms with van der Waals surface area (Å²) >= 11 is 0. The Hall–Kier alpha value is -1.00. The van der Waals surface area contributed by atoms with E-state index in [1.54, 1.807) is 12.3 Å². The van der Waals surface area contributed by atoms with Crippen molar-refractivity contribution in [3.8, 4) is 0 Å². The maximum atomic E-state index is 13.0. The average Bonchev–Trinajstić information content (AvgIpc) is 2.16. The predicted octanol–water partition coefficient (Wildman–Crippen LogP) is 0.658. The van der Waals surface area contributed by atoms with Crippen LogP contribution in [0, 0.1) is 5.82 Å². The van der Waals surface area contributed by atoms with Crippen molar-refractivity contribution in [2.24, 2.45) is 5.73 Å². The summed E-state index contributed by atoms with van der Waals surface area (Å²) in [5.74, 6) is -0.278. The lowest BCUT2D eigenvalue weighted by molar-refractivity contribution is 0.531. The summed E-state index contributed by atoms with van der Waals surface area (Å²) in [7, 11) is 0. The average molecular weight is 183 g/mol. The molecule has 0 radical (unpaired) electrons. The molecule has 0 aliphatic rings. The lowest BCUT2D eigenvalue weighted by Crippen LogP contribution is -2.32. The van der Waals surface area contributed by atoms with Crippen molar-refractivity contribution in [1.29, 1.82) is 0 Å². The quantitative estimate of drug-likeness (QED) is 0.721. The number of aromatic nitrogens is 1. The van der Waals surface area contributed by atoms with Crippen LogP contribution in [0.2, 0.25) is 0 Å². The van der Waals surface area contributed by atoms with E-state index in [1.165, 1.54) is 6.20 Å². The summed E-state index contributed by atoms with van der Waals surface area (Å²) in [4.78, 5) is 3.66. The molecular weight excluding hydrogens is 169 g/mol. The third-order valence-electron chi connectivity index (χ3n) is 1.85. The van der Waals surface area contributed by atoms with Gasteiger partial charge in [-0.15, -0.1) is 0 Å². The van der Waals surface area contributed by atoms with Crippen LogP contribution < -0.4 is 11.1 Å². The highest BCUT2D eigenvalue weighted by atomic mass is 19.1. The van der Waals surface area contributed by atoms with Crippen LogP contribution >= 0.6 is 0 Å². The van der Waals surface area contributed by atoms with E-state index >= 15 is 0 Å². The van der Waals surface area contributed by atoms with E-state index in [0.717, 1.165) is 0 Å². The normalized spacial score (nSPS) is 12.8. The van der Waals surface area contributed by atoms with Crippen molar-refractivity contribution < 1.29 is 4.39 Å². The Morgan fingerprint density at radius 2 is 2.46 bits per heavy atom. The van der Waals surface area contributed by atoms with Gasteiger partial charge in [0, 0.05) is 30.9 Å². The van der Waals surface area contributed by atoms with Gasteiger partial charge in [-0.3, -0.25) is 4.98 Å². The zero-order chi connectivity index (χ0) is 9.68.